The van der Waals surface area contributed by atoms with Crippen LogP contribution in [0.15, 0.2) is 55.1 Å². The monoisotopic (exact) mass is 413 g/mol. The number of benzene rings is 2. The van der Waals surface area contributed by atoms with Crippen molar-refractivity contribution < 1.29 is 9.72 Å². The van der Waals surface area contributed by atoms with Crippen LogP contribution in [0.1, 0.15) is 42.6 Å². The maximum Gasteiger partial charge on any atom is 0.295 e. The average molecular weight is 414 g/mol. The van der Waals surface area contributed by atoms with Crippen molar-refractivity contribution in [3.8, 4) is 5.69 Å². The molecule has 29 heavy (non-hydrogen) atoms. The molecular formula is C20H20ClN5O3. The number of nitro benzene ring substituents is 1. The van der Waals surface area contributed by atoms with E-state index in [1.54, 1.807) is 12.1 Å². The van der Waals surface area contributed by atoms with E-state index < -0.39 is 16.4 Å². The molecule has 0 bridgehead atoms. The van der Waals surface area contributed by atoms with Gasteiger partial charge in [-0.3, -0.25) is 14.9 Å². The summed E-state index contributed by atoms with van der Waals surface area (Å²) >= 11 is 5.99. The quantitative estimate of drug-likeness (QED) is 0.460. The molecule has 0 aliphatic heterocycles. The zero-order chi connectivity index (χ0) is 21.0. The molecule has 1 heterocycles. The Hall–Kier alpha value is -3.26. The lowest BCUT2D eigenvalue weighted by Crippen LogP contribution is -2.45. The van der Waals surface area contributed by atoms with E-state index in [0.29, 0.717) is 17.9 Å². The van der Waals surface area contributed by atoms with E-state index in [1.807, 2.05) is 26.0 Å². The third kappa shape index (κ3) is 4.12. The lowest BCUT2D eigenvalue weighted by atomic mass is 9.84. The van der Waals surface area contributed by atoms with Gasteiger partial charge in [0.2, 0.25) is 0 Å². The minimum atomic E-state index is -0.610. The Morgan fingerprint density at radius 1 is 1.21 bits per heavy atom. The second-order valence-corrected chi connectivity index (χ2v) is 6.99. The molecule has 1 N–H and O–H groups in total. The normalized spacial score (nSPS) is 11.3. The summed E-state index contributed by atoms with van der Waals surface area (Å²) in [6, 6.07) is 11.6. The van der Waals surface area contributed by atoms with Gasteiger partial charge < -0.3 is 5.32 Å². The summed E-state index contributed by atoms with van der Waals surface area (Å²) in [5, 5.41) is 19.1. The zero-order valence-corrected chi connectivity index (χ0v) is 16.8. The second-order valence-electron chi connectivity index (χ2n) is 6.55. The molecule has 1 aromatic heterocycles. The van der Waals surface area contributed by atoms with E-state index in [0.717, 1.165) is 5.56 Å². The van der Waals surface area contributed by atoms with Gasteiger partial charge in [-0.05, 0) is 42.7 Å². The fraction of sp³-hybridized carbons (Fsp3) is 0.250. The molecule has 0 unspecified atom stereocenters. The highest BCUT2D eigenvalue weighted by atomic mass is 35.5. The van der Waals surface area contributed by atoms with E-state index in [9.17, 15) is 14.9 Å². The molecule has 0 aliphatic carbocycles. The first-order chi connectivity index (χ1) is 13.9. The Kier molecular flexibility index (Phi) is 5.93. The smallest absolute Gasteiger partial charge is 0.295 e. The van der Waals surface area contributed by atoms with Crippen LogP contribution < -0.4 is 5.32 Å². The number of amides is 1. The largest absolute Gasteiger partial charge is 0.343 e. The van der Waals surface area contributed by atoms with Crippen LogP contribution in [0.25, 0.3) is 5.69 Å². The van der Waals surface area contributed by atoms with Crippen molar-refractivity contribution in [2.24, 2.45) is 0 Å². The molecular weight excluding hydrogens is 394 g/mol. The van der Waals surface area contributed by atoms with Crippen LogP contribution in [0, 0.1) is 10.1 Å². The fourth-order valence-electron chi connectivity index (χ4n) is 3.30. The number of aromatic nitrogens is 3. The highest BCUT2D eigenvalue weighted by molar-refractivity contribution is 6.30. The summed E-state index contributed by atoms with van der Waals surface area (Å²) < 4.78 is 1.29. The minimum Gasteiger partial charge on any atom is -0.343 e. The molecule has 150 valence electrons. The highest BCUT2D eigenvalue weighted by Crippen LogP contribution is 2.31. The van der Waals surface area contributed by atoms with Crippen molar-refractivity contribution in [3.05, 3.63) is 81.4 Å². The highest BCUT2D eigenvalue weighted by Gasteiger charge is 2.31. The number of hydrogen-bond donors (Lipinski definition) is 1. The molecule has 0 saturated carbocycles. The van der Waals surface area contributed by atoms with Crippen LogP contribution in [0.3, 0.4) is 0 Å². The van der Waals surface area contributed by atoms with Gasteiger partial charge in [-0.1, -0.05) is 37.6 Å². The predicted octanol–water partition coefficient (Wildman–Crippen LogP) is 4.27. The molecule has 2 aromatic carbocycles. The molecule has 0 fully saturated rings. The number of rotatable bonds is 7. The summed E-state index contributed by atoms with van der Waals surface area (Å²) in [6.45, 7) is 3.96. The van der Waals surface area contributed by atoms with Crippen molar-refractivity contribution >= 4 is 23.2 Å². The lowest BCUT2D eigenvalue weighted by Gasteiger charge is -2.33. The number of carbonyl (C=O) groups excluding carboxylic acids is 1. The SMILES string of the molecule is CCC(CC)(NC(=O)c1ccc(-n2cncn2)c([N+](=O)[O-])c1)c1ccc(Cl)cc1. The molecule has 0 radical (unpaired) electrons. The van der Waals surface area contributed by atoms with Gasteiger partial charge in [0.05, 0.1) is 10.5 Å². The van der Waals surface area contributed by atoms with Gasteiger partial charge >= 0.3 is 0 Å². The number of nitrogens with zero attached hydrogens (tertiary/aromatic N) is 4. The third-order valence-electron chi connectivity index (χ3n) is 5.06. The van der Waals surface area contributed by atoms with E-state index in [1.165, 1.54) is 35.5 Å². The van der Waals surface area contributed by atoms with E-state index in [4.69, 9.17) is 11.6 Å². The zero-order valence-electron chi connectivity index (χ0n) is 16.0. The van der Waals surface area contributed by atoms with Gasteiger partial charge in [0.25, 0.3) is 11.6 Å². The van der Waals surface area contributed by atoms with Gasteiger partial charge in [-0.2, -0.15) is 5.10 Å². The predicted molar refractivity (Wildman–Crippen MR) is 109 cm³/mol. The summed E-state index contributed by atoms with van der Waals surface area (Å²) in [5.74, 6) is -0.392. The Bertz CT molecular complexity index is 1020. The molecule has 3 rings (SSSR count). The van der Waals surface area contributed by atoms with Crippen molar-refractivity contribution in [2.75, 3.05) is 0 Å². The fourth-order valence-corrected chi connectivity index (χ4v) is 3.43. The Morgan fingerprint density at radius 2 is 1.90 bits per heavy atom. The first-order valence-corrected chi connectivity index (χ1v) is 9.50. The maximum absolute atomic E-state index is 13.0. The number of nitro groups is 1. The van der Waals surface area contributed by atoms with Crippen molar-refractivity contribution in [1.29, 1.82) is 0 Å². The Labute approximate surface area is 172 Å². The van der Waals surface area contributed by atoms with E-state index in [-0.39, 0.29) is 16.9 Å². The van der Waals surface area contributed by atoms with Gasteiger partial charge in [0.1, 0.15) is 18.3 Å². The maximum atomic E-state index is 13.0. The Morgan fingerprint density at radius 3 is 2.45 bits per heavy atom. The third-order valence-corrected chi connectivity index (χ3v) is 5.31. The summed E-state index contributed by atoms with van der Waals surface area (Å²) in [7, 11) is 0. The van der Waals surface area contributed by atoms with E-state index >= 15 is 0 Å². The van der Waals surface area contributed by atoms with Crippen LogP contribution in [0.4, 0.5) is 5.69 Å². The Balaban J connectivity index is 1.95. The topological polar surface area (TPSA) is 103 Å². The second kappa shape index (κ2) is 8.40. The summed E-state index contributed by atoms with van der Waals surface area (Å²) in [6.07, 6.45) is 3.95. The standard InChI is InChI=1S/C20H20ClN5O3/c1-3-20(4-2,15-6-8-16(21)9-7-15)24-19(27)14-5-10-17(18(11-14)26(28)29)25-13-22-12-23-25/h5-13H,3-4H2,1-2H3,(H,24,27). The van der Waals surface area contributed by atoms with Gasteiger partial charge in [0.15, 0.2) is 0 Å². The minimum absolute atomic E-state index is 0.195. The van der Waals surface area contributed by atoms with Crippen LogP contribution in [0.5, 0.6) is 0 Å². The molecule has 0 spiro atoms. The van der Waals surface area contributed by atoms with Crippen molar-refractivity contribution in [2.45, 2.75) is 32.2 Å². The molecule has 8 nitrogen and oxygen atoms in total. The molecule has 0 saturated heterocycles. The van der Waals surface area contributed by atoms with Gasteiger partial charge in [-0.25, -0.2) is 9.67 Å². The van der Waals surface area contributed by atoms with Crippen LogP contribution in [-0.4, -0.2) is 25.6 Å². The lowest BCUT2D eigenvalue weighted by molar-refractivity contribution is -0.384. The average Bonchev–Trinajstić information content (AvgIpc) is 3.27. The molecule has 9 heteroatoms. The number of carbonyl (C=O) groups is 1. The van der Waals surface area contributed by atoms with Crippen LogP contribution >= 0.6 is 11.6 Å². The summed E-state index contributed by atoms with van der Waals surface area (Å²) in [4.78, 5) is 27.8. The number of halogens is 1. The van der Waals surface area contributed by atoms with Crippen molar-refractivity contribution in [1.82, 2.24) is 20.1 Å². The number of nitrogens with one attached hydrogen (secondary N) is 1. The number of hydrogen-bond acceptors (Lipinski definition) is 5. The molecule has 0 atom stereocenters. The molecule has 0 aliphatic rings. The van der Waals surface area contributed by atoms with Crippen LogP contribution in [-0.2, 0) is 5.54 Å². The first kappa shape index (κ1) is 20.5. The van der Waals surface area contributed by atoms with Gasteiger partial charge in [-0.15, -0.1) is 0 Å². The first-order valence-electron chi connectivity index (χ1n) is 9.12. The molecule has 3 aromatic rings. The van der Waals surface area contributed by atoms with Gasteiger partial charge in [0, 0.05) is 16.7 Å². The van der Waals surface area contributed by atoms with E-state index in [2.05, 4.69) is 15.4 Å². The molecule has 1 amide bonds. The van der Waals surface area contributed by atoms with Crippen LogP contribution in [0.2, 0.25) is 5.02 Å². The van der Waals surface area contributed by atoms with Crippen molar-refractivity contribution in [3.63, 3.8) is 0 Å². The summed E-state index contributed by atoms with van der Waals surface area (Å²) in [5.41, 5.74) is 0.517.